The van der Waals surface area contributed by atoms with E-state index in [9.17, 15) is 9.59 Å². The van der Waals surface area contributed by atoms with Crippen LogP contribution in [0.2, 0.25) is 0 Å². The van der Waals surface area contributed by atoms with Crippen LogP contribution in [0.3, 0.4) is 0 Å². The smallest absolute Gasteiger partial charge is 0.338 e. The van der Waals surface area contributed by atoms with Gasteiger partial charge in [0.15, 0.2) is 0 Å². The van der Waals surface area contributed by atoms with E-state index in [2.05, 4.69) is 0 Å². The summed E-state index contributed by atoms with van der Waals surface area (Å²) in [4.78, 5) is 24.0. The van der Waals surface area contributed by atoms with Gasteiger partial charge in [-0.3, -0.25) is 0 Å². The number of carbonyl (C=O) groups is 2. The van der Waals surface area contributed by atoms with Gasteiger partial charge >= 0.3 is 11.9 Å². The van der Waals surface area contributed by atoms with Crippen molar-refractivity contribution in [2.45, 2.75) is 38.5 Å². The zero-order chi connectivity index (χ0) is 17.9. The van der Waals surface area contributed by atoms with Gasteiger partial charge in [-0.25, -0.2) is 9.59 Å². The molecule has 2 aliphatic carbocycles. The third kappa shape index (κ3) is 3.50. The van der Waals surface area contributed by atoms with Gasteiger partial charge in [0, 0.05) is 0 Å². The first-order chi connectivity index (χ1) is 12.7. The largest absolute Gasteiger partial charge is 0.462 e. The van der Waals surface area contributed by atoms with Gasteiger partial charge in [-0.1, -0.05) is 12.1 Å². The minimum Gasteiger partial charge on any atom is -0.462 e. The molecule has 0 aliphatic heterocycles. The predicted octanol–water partition coefficient (Wildman–Crippen LogP) is 3.68. The molecule has 4 heteroatoms. The first-order valence-corrected chi connectivity index (χ1v) is 9.28. The standard InChI is InChI=1S/C22H22O4/c23-21(19-9-5-15-3-7-17(15)13-19)25-11-1-2-12-26-22(24)20-10-6-16-4-8-18(16)14-20/h5-6,9-10,13-14H,1-4,7-8,11-12H2. The molecule has 0 bridgehead atoms. The van der Waals surface area contributed by atoms with Gasteiger partial charge in [0.1, 0.15) is 0 Å². The summed E-state index contributed by atoms with van der Waals surface area (Å²) in [6.45, 7) is 0.679. The molecule has 26 heavy (non-hydrogen) atoms. The normalized spacial score (nSPS) is 13.7. The highest BCUT2D eigenvalue weighted by Gasteiger charge is 2.17. The summed E-state index contributed by atoms with van der Waals surface area (Å²) in [5.74, 6) is -0.558. The second-order valence-corrected chi connectivity index (χ2v) is 6.95. The Hall–Kier alpha value is -2.62. The molecule has 4 rings (SSSR count). The number of esters is 2. The summed E-state index contributed by atoms with van der Waals surface area (Å²) in [6, 6.07) is 11.5. The monoisotopic (exact) mass is 350 g/mol. The van der Waals surface area contributed by atoms with E-state index in [1.54, 1.807) is 0 Å². The minimum atomic E-state index is -0.279. The lowest BCUT2D eigenvalue weighted by Gasteiger charge is -2.19. The maximum absolute atomic E-state index is 12.0. The van der Waals surface area contributed by atoms with E-state index in [-0.39, 0.29) is 11.9 Å². The number of ether oxygens (including phenoxy) is 2. The Morgan fingerprint density at radius 1 is 0.654 bits per heavy atom. The number of benzene rings is 2. The fourth-order valence-electron chi connectivity index (χ4n) is 3.34. The summed E-state index contributed by atoms with van der Waals surface area (Å²) >= 11 is 0. The molecule has 0 amide bonds. The van der Waals surface area contributed by atoms with Crippen LogP contribution in [0, 0.1) is 0 Å². The minimum absolute atomic E-state index is 0.279. The number of hydrogen-bond donors (Lipinski definition) is 0. The summed E-state index contributed by atoms with van der Waals surface area (Å²) in [6.07, 6.45) is 5.66. The molecule has 0 saturated heterocycles. The van der Waals surface area contributed by atoms with Crippen molar-refractivity contribution in [3.05, 3.63) is 69.8 Å². The SMILES string of the molecule is O=C(OCCCCOC(=O)c1ccc2c(c1)CC2)c1ccc2c(c1)CC2. The number of unbranched alkanes of at least 4 members (excludes halogenated alkanes) is 1. The van der Waals surface area contributed by atoms with E-state index >= 15 is 0 Å². The molecule has 2 aromatic rings. The Bertz CT molecular complexity index is 782. The summed E-state index contributed by atoms with van der Waals surface area (Å²) < 4.78 is 10.6. The van der Waals surface area contributed by atoms with Crippen LogP contribution >= 0.6 is 0 Å². The van der Waals surface area contributed by atoms with Crippen molar-refractivity contribution in [1.82, 2.24) is 0 Å². The van der Waals surface area contributed by atoms with Crippen LogP contribution in [-0.4, -0.2) is 25.2 Å². The fraction of sp³-hybridized carbons (Fsp3) is 0.364. The highest BCUT2D eigenvalue weighted by Crippen LogP contribution is 2.24. The molecule has 134 valence electrons. The maximum atomic E-state index is 12.0. The Balaban J connectivity index is 1.14. The lowest BCUT2D eigenvalue weighted by molar-refractivity contribution is 0.0432. The third-order valence-corrected chi connectivity index (χ3v) is 5.22. The Labute approximate surface area is 153 Å². The third-order valence-electron chi connectivity index (χ3n) is 5.22. The van der Waals surface area contributed by atoms with Gasteiger partial charge in [0.25, 0.3) is 0 Å². The molecule has 2 aliphatic rings. The second-order valence-electron chi connectivity index (χ2n) is 6.95. The first kappa shape index (κ1) is 16.8. The van der Waals surface area contributed by atoms with Crippen molar-refractivity contribution in [2.24, 2.45) is 0 Å². The molecular formula is C22H22O4. The van der Waals surface area contributed by atoms with Crippen LogP contribution in [-0.2, 0) is 35.2 Å². The Morgan fingerprint density at radius 2 is 1.08 bits per heavy atom. The molecule has 0 fully saturated rings. The van der Waals surface area contributed by atoms with E-state index < -0.39 is 0 Å². The summed E-state index contributed by atoms with van der Waals surface area (Å²) in [5, 5.41) is 0. The zero-order valence-corrected chi connectivity index (χ0v) is 14.8. The molecule has 2 aromatic carbocycles. The molecule has 0 radical (unpaired) electrons. The quantitative estimate of drug-likeness (QED) is 0.565. The van der Waals surface area contributed by atoms with Crippen molar-refractivity contribution in [1.29, 1.82) is 0 Å². The highest BCUT2D eigenvalue weighted by atomic mass is 16.5. The van der Waals surface area contributed by atoms with Crippen LogP contribution in [0.15, 0.2) is 36.4 Å². The topological polar surface area (TPSA) is 52.6 Å². The lowest BCUT2D eigenvalue weighted by atomic mass is 9.87. The van der Waals surface area contributed by atoms with Crippen LogP contribution in [0.1, 0.15) is 55.8 Å². The van der Waals surface area contributed by atoms with E-state index in [1.807, 2.05) is 36.4 Å². The van der Waals surface area contributed by atoms with Crippen molar-refractivity contribution in [2.75, 3.05) is 13.2 Å². The van der Waals surface area contributed by atoms with E-state index in [0.717, 1.165) is 25.7 Å². The Morgan fingerprint density at radius 3 is 1.42 bits per heavy atom. The molecule has 0 aromatic heterocycles. The fourth-order valence-corrected chi connectivity index (χ4v) is 3.34. The molecular weight excluding hydrogens is 328 g/mol. The summed E-state index contributed by atoms with van der Waals surface area (Å²) in [5.41, 5.74) is 6.41. The number of rotatable bonds is 7. The molecule has 0 N–H and O–H groups in total. The average molecular weight is 350 g/mol. The predicted molar refractivity (Wildman–Crippen MR) is 97.5 cm³/mol. The number of hydrogen-bond acceptors (Lipinski definition) is 4. The van der Waals surface area contributed by atoms with Crippen LogP contribution in [0.5, 0.6) is 0 Å². The van der Waals surface area contributed by atoms with Gasteiger partial charge in [-0.15, -0.1) is 0 Å². The Kier molecular flexibility index (Phi) is 4.74. The van der Waals surface area contributed by atoms with Gasteiger partial charge in [0.2, 0.25) is 0 Å². The lowest BCUT2D eigenvalue weighted by Crippen LogP contribution is -2.13. The highest BCUT2D eigenvalue weighted by molar-refractivity contribution is 5.90. The van der Waals surface area contributed by atoms with Crippen LogP contribution in [0.4, 0.5) is 0 Å². The number of fused-ring (bicyclic) bond motifs is 2. The number of carbonyl (C=O) groups excluding carboxylic acids is 2. The van der Waals surface area contributed by atoms with Gasteiger partial charge in [0.05, 0.1) is 24.3 Å². The average Bonchev–Trinajstić information content (AvgIpc) is 2.59. The molecule has 0 spiro atoms. The van der Waals surface area contributed by atoms with Gasteiger partial charge in [-0.05, 0) is 85.0 Å². The van der Waals surface area contributed by atoms with Crippen LogP contribution < -0.4 is 0 Å². The molecule has 0 unspecified atom stereocenters. The second kappa shape index (κ2) is 7.32. The maximum Gasteiger partial charge on any atom is 0.338 e. The van der Waals surface area contributed by atoms with Gasteiger partial charge < -0.3 is 9.47 Å². The van der Waals surface area contributed by atoms with Crippen molar-refractivity contribution < 1.29 is 19.1 Å². The molecule has 4 nitrogen and oxygen atoms in total. The molecule has 0 heterocycles. The molecule has 0 saturated carbocycles. The van der Waals surface area contributed by atoms with Crippen molar-refractivity contribution >= 4 is 11.9 Å². The number of aryl methyl sites for hydroxylation is 4. The summed E-state index contributed by atoms with van der Waals surface area (Å²) in [7, 11) is 0. The van der Waals surface area contributed by atoms with Crippen molar-refractivity contribution in [3.63, 3.8) is 0 Å². The van der Waals surface area contributed by atoms with Gasteiger partial charge in [-0.2, -0.15) is 0 Å². The van der Waals surface area contributed by atoms with E-state index in [0.29, 0.717) is 37.2 Å². The van der Waals surface area contributed by atoms with Crippen LogP contribution in [0.25, 0.3) is 0 Å². The van der Waals surface area contributed by atoms with Crippen molar-refractivity contribution in [3.8, 4) is 0 Å². The molecule has 0 atom stereocenters. The van der Waals surface area contributed by atoms with E-state index in [4.69, 9.17) is 9.47 Å². The zero-order valence-electron chi connectivity index (χ0n) is 14.8. The van der Waals surface area contributed by atoms with E-state index in [1.165, 1.54) is 22.3 Å². The first-order valence-electron chi connectivity index (χ1n) is 9.28.